The van der Waals surface area contributed by atoms with Crippen LogP contribution in [0.3, 0.4) is 0 Å². The van der Waals surface area contributed by atoms with Gasteiger partial charge in [-0.2, -0.15) is 39.5 Å². The van der Waals surface area contributed by atoms with E-state index in [0.29, 0.717) is 23.5 Å². The fourth-order valence-corrected chi connectivity index (χ4v) is 4.48. The molecule has 202 valence electrons. The van der Waals surface area contributed by atoms with Crippen LogP contribution in [0.25, 0.3) is 0 Å². The summed E-state index contributed by atoms with van der Waals surface area (Å²) in [6.45, 7) is -0.0120. The van der Waals surface area contributed by atoms with Crippen molar-refractivity contribution in [2.75, 3.05) is 0 Å². The van der Waals surface area contributed by atoms with Crippen molar-refractivity contribution in [2.45, 2.75) is 56.0 Å². The molecule has 0 spiro atoms. The number of alkyl halides is 9. The van der Waals surface area contributed by atoms with E-state index >= 15 is 0 Å². The third-order valence-electron chi connectivity index (χ3n) is 6.36. The van der Waals surface area contributed by atoms with Crippen molar-refractivity contribution in [1.82, 2.24) is 5.06 Å². The van der Waals surface area contributed by atoms with Crippen LogP contribution in [0.15, 0.2) is 36.4 Å². The molecule has 1 aliphatic carbocycles. The lowest BCUT2D eigenvalue weighted by Crippen LogP contribution is -2.44. The fraction of sp³-hybridized carbons (Fsp3) is 0.435. The van der Waals surface area contributed by atoms with E-state index in [1.807, 2.05) is 0 Å². The third kappa shape index (κ3) is 5.13. The Hall–Kier alpha value is -2.51. The molecule has 2 aromatic rings. The average molecular weight is 561 g/mol. The van der Waals surface area contributed by atoms with Gasteiger partial charge in [-0.3, -0.25) is 4.79 Å². The Morgan fingerprint density at radius 2 is 1.54 bits per heavy atom. The zero-order valence-electron chi connectivity index (χ0n) is 18.6. The predicted octanol–water partition coefficient (Wildman–Crippen LogP) is 6.91. The first-order valence-corrected chi connectivity index (χ1v) is 11.2. The molecule has 2 atom stereocenters. The molecule has 14 heteroatoms. The van der Waals surface area contributed by atoms with Crippen LogP contribution in [0.2, 0.25) is 5.02 Å². The molecule has 1 saturated heterocycles. The molecule has 2 aromatic carbocycles. The number of carbonyl (C=O) groups is 1. The highest BCUT2D eigenvalue weighted by Gasteiger charge is 2.66. The molecule has 2 unspecified atom stereocenters. The maximum absolute atomic E-state index is 14.6. The summed E-state index contributed by atoms with van der Waals surface area (Å²) in [4.78, 5) is 18.0. The van der Waals surface area contributed by atoms with Crippen LogP contribution in [0.4, 0.5) is 39.5 Å². The fourth-order valence-electron chi connectivity index (χ4n) is 4.21. The highest BCUT2D eigenvalue weighted by molar-refractivity contribution is 6.31. The Balaban J connectivity index is 1.92. The summed E-state index contributed by atoms with van der Waals surface area (Å²) < 4.78 is 125. The zero-order chi connectivity index (χ0) is 27.6. The second-order valence-corrected chi connectivity index (χ2v) is 9.33. The molecule has 1 saturated carbocycles. The number of hydroxylamine groups is 2. The van der Waals surface area contributed by atoms with Crippen molar-refractivity contribution in [2.24, 2.45) is 11.7 Å². The molecule has 2 aliphatic rings. The minimum Gasteiger partial charge on any atom is -0.326 e. The summed E-state index contributed by atoms with van der Waals surface area (Å²) >= 11 is 6.13. The van der Waals surface area contributed by atoms with E-state index in [1.165, 1.54) is 18.2 Å². The summed E-state index contributed by atoms with van der Waals surface area (Å²) in [5.74, 6) is -1.55. The molecule has 0 bridgehead atoms. The van der Waals surface area contributed by atoms with Crippen LogP contribution in [-0.2, 0) is 34.1 Å². The molecule has 2 N–H and O–H groups in total. The molecule has 0 radical (unpaired) electrons. The van der Waals surface area contributed by atoms with Crippen molar-refractivity contribution in [1.29, 1.82) is 0 Å². The van der Waals surface area contributed by atoms with Crippen LogP contribution in [-0.4, -0.2) is 17.1 Å². The van der Waals surface area contributed by atoms with E-state index in [9.17, 15) is 44.3 Å². The summed E-state index contributed by atoms with van der Waals surface area (Å²) in [6.07, 6.45) is -16.8. The van der Waals surface area contributed by atoms with Crippen LogP contribution >= 0.6 is 11.6 Å². The number of nitrogens with zero attached hydrogens (tertiary/aromatic N) is 1. The minimum atomic E-state index is -5.52. The summed E-state index contributed by atoms with van der Waals surface area (Å²) in [6, 6.07) is 2.11. The monoisotopic (exact) mass is 560 g/mol. The third-order valence-corrected chi connectivity index (χ3v) is 6.71. The highest BCUT2D eigenvalue weighted by atomic mass is 35.5. The molecular weight excluding hydrogens is 543 g/mol. The zero-order valence-corrected chi connectivity index (χ0v) is 19.3. The van der Waals surface area contributed by atoms with E-state index in [1.54, 1.807) is 0 Å². The van der Waals surface area contributed by atoms with Crippen molar-refractivity contribution < 1.29 is 49.1 Å². The van der Waals surface area contributed by atoms with Gasteiger partial charge in [0.1, 0.15) is 0 Å². The number of amides is 1. The van der Waals surface area contributed by atoms with Gasteiger partial charge >= 0.3 is 18.5 Å². The lowest BCUT2D eigenvalue weighted by atomic mass is 9.83. The van der Waals surface area contributed by atoms with Crippen molar-refractivity contribution in [3.05, 3.63) is 69.2 Å². The lowest BCUT2D eigenvalue weighted by molar-refractivity contribution is -0.320. The largest absolute Gasteiger partial charge is 0.424 e. The Labute approximate surface area is 209 Å². The number of hydrogen-bond donors (Lipinski definition) is 1. The minimum absolute atomic E-state index is 0.0120. The standard InChI is InChI=1S/C23H18ClF9N2O2/c24-17-5-12(3-4-13(17)10-34)18-9-20(23(31,32)33,37-35(18)19(36)11-1-2-11)14-6-15(21(25,26)27)8-16(7-14)22(28,29)30/h3-8,11,18H,1-2,9-10,34H2. The number of halogens is 10. The van der Waals surface area contributed by atoms with E-state index in [4.69, 9.17) is 22.2 Å². The van der Waals surface area contributed by atoms with E-state index < -0.39 is 65.1 Å². The van der Waals surface area contributed by atoms with Crippen LogP contribution in [0.1, 0.15) is 53.1 Å². The van der Waals surface area contributed by atoms with Gasteiger partial charge in [0.05, 0.1) is 17.2 Å². The van der Waals surface area contributed by atoms with E-state index in [2.05, 4.69) is 0 Å². The number of hydrogen-bond acceptors (Lipinski definition) is 3. The highest BCUT2D eigenvalue weighted by Crippen LogP contribution is 2.57. The summed E-state index contributed by atoms with van der Waals surface area (Å²) in [5.41, 5.74) is -2.98. The molecule has 4 rings (SSSR count). The predicted molar refractivity (Wildman–Crippen MR) is 112 cm³/mol. The smallest absolute Gasteiger partial charge is 0.326 e. The molecule has 37 heavy (non-hydrogen) atoms. The first kappa shape index (κ1) is 27.5. The van der Waals surface area contributed by atoms with Crippen LogP contribution in [0.5, 0.6) is 0 Å². The lowest BCUT2D eigenvalue weighted by Gasteiger charge is -2.32. The number of rotatable bonds is 4. The van der Waals surface area contributed by atoms with Gasteiger partial charge in [0.15, 0.2) is 0 Å². The molecule has 1 heterocycles. The molecule has 2 fully saturated rings. The van der Waals surface area contributed by atoms with Gasteiger partial charge < -0.3 is 5.73 Å². The Bertz CT molecular complexity index is 1180. The number of benzene rings is 2. The van der Waals surface area contributed by atoms with Gasteiger partial charge in [-0.05, 0) is 53.8 Å². The maximum atomic E-state index is 14.6. The van der Waals surface area contributed by atoms with Gasteiger partial charge in [-0.25, -0.2) is 9.90 Å². The van der Waals surface area contributed by atoms with Crippen LogP contribution < -0.4 is 5.73 Å². The number of nitrogens with two attached hydrogens (primary N) is 1. The van der Waals surface area contributed by atoms with Crippen LogP contribution in [0, 0.1) is 5.92 Å². The Kier molecular flexibility index (Phi) is 6.73. The maximum Gasteiger partial charge on any atom is 0.424 e. The topological polar surface area (TPSA) is 55.6 Å². The average Bonchev–Trinajstić information content (AvgIpc) is 3.55. The van der Waals surface area contributed by atoms with Gasteiger partial charge in [0.2, 0.25) is 11.5 Å². The van der Waals surface area contributed by atoms with Gasteiger partial charge in [-0.15, -0.1) is 0 Å². The molecule has 1 amide bonds. The second-order valence-electron chi connectivity index (χ2n) is 8.92. The first-order valence-electron chi connectivity index (χ1n) is 10.8. The SMILES string of the molecule is NCc1ccc(C2CC(c3cc(C(F)(F)F)cc(C(F)(F)F)c3)(C(F)(F)F)ON2C(=O)C2CC2)cc1Cl. The normalized spacial score (nSPS) is 23.0. The van der Waals surface area contributed by atoms with E-state index in [-0.39, 0.29) is 35.3 Å². The van der Waals surface area contributed by atoms with Gasteiger partial charge in [0, 0.05) is 23.9 Å². The Morgan fingerprint density at radius 3 is 1.97 bits per heavy atom. The summed E-state index contributed by atoms with van der Waals surface area (Å²) in [5, 5.41) is 0.466. The van der Waals surface area contributed by atoms with E-state index in [0.717, 1.165) is 0 Å². The number of carbonyl (C=O) groups excluding carboxylic acids is 1. The van der Waals surface area contributed by atoms with Gasteiger partial charge in [-0.1, -0.05) is 23.7 Å². The van der Waals surface area contributed by atoms with Crippen molar-refractivity contribution >= 4 is 17.5 Å². The Morgan fingerprint density at radius 1 is 0.973 bits per heavy atom. The molecule has 1 aliphatic heterocycles. The first-order chi connectivity index (χ1) is 17.0. The molecule has 4 nitrogen and oxygen atoms in total. The van der Waals surface area contributed by atoms with Gasteiger partial charge in [0.25, 0.3) is 0 Å². The van der Waals surface area contributed by atoms with Crippen molar-refractivity contribution in [3.8, 4) is 0 Å². The summed E-state index contributed by atoms with van der Waals surface area (Å²) in [7, 11) is 0. The van der Waals surface area contributed by atoms with Crippen molar-refractivity contribution in [3.63, 3.8) is 0 Å². The second kappa shape index (κ2) is 9.05. The quantitative estimate of drug-likeness (QED) is 0.414. The molecular formula is C23H18ClF9N2O2. The molecule has 0 aromatic heterocycles.